The van der Waals surface area contributed by atoms with Gasteiger partial charge in [-0.25, -0.2) is 4.39 Å². The first kappa shape index (κ1) is 25.0. The molecule has 1 aliphatic heterocycles. The van der Waals surface area contributed by atoms with Gasteiger partial charge in [-0.05, 0) is 48.4 Å². The van der Waals surface area contributed by atoms with Crippen LogP contribution in [-0.2, 0) is 4.79 Å². The van der Waals surface area contributed by atoms with Crippen LogP contribution in [0.4, 0.5) is 4.39 Å². The molecule has 3 aromatic rings. The Hall–Kier alpha value is -3.23. The fraction of sp³-hybridized carbons (Fsp3) is 0.333. The lowest BCUT2D eigenvalue weighted by Gasteiger charge is -2.08. The number of aromatic nitrogens is 1. The maximum Gasteiger partial charge on any atom is 0.267 e. The molecule has 172 valence electrons. The van der Waals surface area contributed by atoms with Gasteiger partial charge in [0.2, 0.25) is 5.91 Å². The summed E-state index contributed by atoms with van der Waals surface area (Å²) in [6.45, 7) is 5.97. The number of amides is 2. The monoisotopic (exact) mass is 441 g/mol. The van der Waals surface area contributed by atoms with Crippen molar-refractivity contribution in [3.63, 3.8) is 0 Å². The van der Waals surface area contributed by atoms with Crippen molar-refractivity contribution >= 4 is 22.7 Å². The van der Waals surface area contributed by atoms with Gasteiger partial charge in [-0.15, -0.1) is 0 Å². The number of carbonyl (C=O) groups excluding carboxylic acids is 2. The van der Waals surface area contributed by atoms with Crippen LogP contribution in [0.2, 0.25) is 0 Å². The lowest BCUT2D eigenvalue weighted by Crippen LogP contribution is -2.39. The largest absolute Gasteiger partial charge is 0.354 e. The maximum atomic E-state index is 12.9. The van der Waals surface area contributed by atoms with Gasteiger partial charge >= 0.3 is 0 Å². The number of nitrogens with two attached hydrogens (primary N) is 1. The number of fused-ring (bicyclic) bond motifs is 1. The molecule has 2 heterocycles. The van der Waals surface area contributed by atoms with Crippen LogP contribution in [0.5, 0.6) is 0 Å². The highest BCUT2D eigenvalue weighted by Crippen LogP contribution is 2.25. The van der Waals surface area contributed by atoms with Crippen LogP contribution in [-0.4, -0.2) is 49.5 Å². The average Bonchev–Trinajstić information content (AvgIpc) is 3.50. The van der Waals surface area contributed by atoms with Gasteiger partial charge in [0, 0.05) is 30.5 Å². The minimum Gasteiger partial charge on any atom is -0.354 e. The van der Waals surface area contributed by atoms with Gasteiger partial charge in [-0.1, -0.05) is 38.1 Å². The maximum absolute atomic E-state index is 12.9. The van der Waals surface area contributed by atoms with Gasteiger partial charge < -0.3 is 26.7 Å². The highest BCUT2D eigenvalue weighted by atomic mass is 19.1. The summed E-state index contributed by atoms with van der Waals surface area (Å²) in [4.78, 5) is 25.4. The molecule has 2 amide bonds. The molecule has 1 fully saturated rings. The third-order valence-corrected chi connectivity index (χ3v) is 4.88. The molecule has 0 saturated carbocycles. The number of hydrogen-bond donors (Lipinski definition) is 5. The third-order valence-electron chi connectivity index (χ3n) is 4.88. The second kappa shape index (κ2) is 12.6. The summed E-state index contributed by atoms with van der Waals surface area (Å²) in [6.07, 6.45) is 1.02. The van der Waals surface area contributed by atoms with Gasteiger partial charge in [-0.3, -0.25) is 9.59 Å². The number of carbonyl (C=O) groups is 2. The number of H-pyrrole nitrogens is 1. The first-order valence-corrected chi connectivity index (χ1v) is 10.8. The number of aromatic amines is 1. The molecule has 1 atom stereocenters. The Morgan fingerprint density at radius 1 is 1.09 bits per heavy atom. The molecule has 6 N–H and O–H groups in total. The van der Waals surface area contributed by atoms with Gasteiger partial charge in [0.05, 0.1) is 6.54 Å². The Labute approximate surface area is 188 Å². The molecule has 32 heavy (non-hydrogen) atoms. The van der Waals surface area contributed by atoms with Crippen LogP contribution in [0.25, 0.3) is 22.0 Å². The van der Waals surface area contributed by atoms with Crippen LogP contribution in [0, 0.1) is 5.82 Å². The normalized spacial score (nSPS) is 14.6. The molecule has 0 bridgehead atoms. The van der Waals surface area contributed by atoms with E-state index in [2.05, 4.69) is 20.9 Å². The summed E-state index contributed by atoms with van der Waals surface area (Å²) in [5.74, 6) is -0.463. The number of hydrogen-bond acceptors (Lipinski definition) is 4. The number of nitrogens with one attached hydrogen (secondary N) is 4. The Bertz CT molecular complexity index is 1010. The van der Waals surface area contributed by atoms with Gasteiger partial charge in [0.15, 0.2) is 0 Å². The predicted molar refractivity (Wildman–Crippen MR) is 127 cm³/mol. The van der Waals surface area contributed by atoms with E-state index in [0.717, 1.165) is 41.5 Å². The van der Waals surface area contributed by atoms with Gasteiger partial charge in [-0.2, -0.15) is 0 Å². The topological polar surface area (TPSA) is 112 Å². The Balaban J connectivity index is 0.000000255. The van der Waals surface area contributed by atoms with E-state index in [9.17, 15) is 14.0 Å². The summed E-state index contributed by atoms with van der Waals surface area (Å²) in [7, 11) is 1.60. The van der Waals surface area contributed by atoms with Gasteiger partial charge in [0.1, 0.15) is 11.5 Å². The summed E-state index contributed by atoms with van der Waals surface area (Å²) >= 11 is 0. The van der Waals surface area contributed by atoms with E-state index in [0.29, 0.717) is 11.7 Å². The van der Waals surface area contributed by atoms with E-state index in [1.54, 1.807) is 19.2 Å². The van der Waals surface area contributed by atoms with E-state index in [4.69, 9.17) is 5.73 Å². The second-order valence-corrected chi connectivity index (χ2v) is 7.03. The van der Waals surface area contributed by atoms with Crippen molar-refractivity contribution in [2.75, 3.05) is 26.7 Å². The van der Waals surface area contributed by atoms with E-state index >= 15 is 0 Å². The lowest BCUT2D eigenvalue weighted by atomic mass is 10.0. The number of halogens is 1. The van der Waals surface area contributed by atoms with Crippen molar-refractivity contribution in [1.82, 2.24) is 20.9 Å². The lowest BCUT2D eigenvalue weighted by molar-refractivity contribution is -0.120. The molecule has 1 saturated heterocycles. The van der Waals surface area contributed by atoms with E-state index < -0.39 is 0 Å². The Morgan fingerprint density at radius 3 is 2.38 bits per heavy atom. The highest BCUT2D eigenvalue weighted by Gasteiger charge is 2.15. The van der Waals surface area contributed by atoms with E-state index in [1.165, 1.54) is 12.1 Å². The zero-order valence-electron chi connectivity index (χ0n) is 18.8. The van der Waals surface area contributed by atoms with E-state index in [-0.39, 0.29) is 24.2 Å². The Kier molecular flexibility index (Phi) is 9.84. The standard InChI is InChI=1S/C16H13FN2O.C6H13N3O.C2H6/c1-18-16(20)15-9-12-3-2-11(8-14(12)19-15)10-4-6-13(17)7-5-10;7-3-6(10)9-5-1-2-8-4-5;1-2/h2-9,19H,1H3,(H,18,20);5,8H,1-4,7H2,(H,9,10);1-2H3. The summed E-state index contributed by atoms with van der Waals surface area (Å²) in [5, 5.41) is 9.50. The van der Waals surface area contributed by atoms with E-state index in [1.807, 2.05) is 38.1 Å². The third kappa shape index (κ3) is 6.90. The van der Waals surface area contributed by atoms with Crippen molar-refractivity contribution in [1.29, 1.82) is 0 Å². The fourth-order valence-corrected chi connectivity index (χ4v) is 3.27. The minimum absolute atomic E-state index is 0.0614. The number of benzene rings is 2. The zero-order valence-corrected chi connectivity index (χ0v) is 18.8. The van der Waals surface area contributed by atoms with Crippen molar-refractivity contribution in [3.05, 3.63) is 60.0 Å². The summed E-state index contributed by atoms with van der Waals surface area (Å²) in [5.41, 5.74) is 8.43. The molecule has 1 aromatic heterocycles. The molecule has 7 nitrogen and oxygen atoms in total. The minimum atomic E-state index is -0.253. The first-order valence-electron chi connectivity index (χ1n) is 10.8. The molecule has 0 radical (unpaired) electrons. The highest BCUT2D eigenvalue weighted by molar-refractivity contribution is 5.98. The quantitative estimate of drug-likeness (QED) is 0.429. The summed E-state index contributed by atoms with van der Waals surface area (Å²) < 4.78 is 12.9. The molecule has 0 aliphatic carbocycles. The molecule has 0 spiro atoms. The van der Waals surface area contributed by atoms with Crippen molar-refractivity contribution in [2.45, 2.75) is 26.3 Å². The van der Waals surface area contributed by atoms with Crippen LogP contribution in [0.1, 0.15) is 30.8 Å². The van der Waals surface area contributed by atoms with Gasteiger partial charge in [0.25, 0.3) is 5.91 Å². The van der Waals surface area contributed by atoms with Crippen LogP contribution >= 0.6 is 0 Å². The number of rotatable bonds is 4. The molecule has 1 unspecified atom stereocenters. The SMILES string of the molecule is CC.CNC(=O)c1cc2ccc(-c3ccc(F)cc3)cc2[nH]1.NCC(=O)NC1CCNC1. The molecule has 2 aromatic carbocycles. The molecular weight excluding hydrogens is 409 g/mol. The fourth-order valence-electron chi connectivity index (χ4n) is 3.27. The van der Waals surface area contributed by atoms with Crippen molar-refractivity contribution in [3.8, 4) is 11.1 Å². The average molecular weight is 442 g/mol. The zero-order chi connectivity index (χ0) is 23.5. The molecule has 1 aliphatic rings. The smallest absolute Gasteiger partial charge is 0.267 e. The second-order valence-electron chi connectivity index (χ2n) is 7.03. The molecule has 8 heteroatoms. The molecule has 4 rings (SSSR count). The van der Waals surface area contributed by atoms with Crippen LogP contribution in [0.3, 0.4) is 0 Å². The Morgan fingerprint density at radius 2 is 1.78 bits per heavy atom. The molecular formula is C24H32FN5O2. The van der Waals surface area contributed by atoms with Crippen LogP contribution < -0.4 is 21.7 Å². The first-order chi connectivity index (χ1) is 15.5. The summed E-state index contributed by atoms with van der Waals surface area (Å²) in [6, 6.07) is 14.3. The van der Waals surface area contributed by atoms with Crippen LogP contribution in [0.15, 0.2) is 48.5 Å². The van der Waals surface area contributed by atoms with Crippen molar-refractivity contribution < 1.29 is 14.0 Å². The predicted octanol–water partition coefficient (Wildman–Crippen LogP) is 2.78. The van der Waals surface area contributed by atoms with Crippen molar-refractivity contribution in [2.24, 2.45) is 5.73 Å².